The van der Waals surface area contributed by atoms with E-state index in [0.29, 0.717) is 17.9 Å². The number of hydrogen-bond donors (Lipinski definition) is 2. The number of rotatable bonds is 3. The predicted octanol–water partition coefficient (Wildman–Crippen LogP) is 0.439. The van der Waals surface area contributed by atoms with Crippen molar-refractivity contribution in [3.05, 3.63) is 29.8 Å². The Morgan fingerprint density at radius 1 is 1.47 bits per heavy atom. The van der Waals surface area contributed by atoms with Gasteiger partial charge in [0.15, 0.2) is 0 Å². The second-order valence-electron chi connectivity index (χ2n) is 3.65. The first kappa shape index (κ1) is 11.6. The van der Waals surface area contributed by atoms with Gasteiger partial charge in [0.25, 0.3) is 5.91 Å². The summed E-state index contributed by atoms with van der Waals surface area (Å²) >= 11 is 0. The van der Waals surface area contributed by atoms with Gasteiger partial charge in [0.05, 0.1) is 18.7 Å². The number of carbonyl (C=O) groups is 2. The summed E-state index contributed by atoms with van der Waals surface area (Å²) in [4.78, 5) is 27.6. The van der Waals surface area contributed by atoms with Crippen LogP contribution in [0.1, 0.15) is 18.0 Å². The zero-order chi connectivity index (χ0) is 12.4. The first-order valence-corrected chi connectivity index (χ1v) is 5.14. The Kier molecular flexibility index (Phi) is 3.08. The van der Waals surface area contributed by atoms with Crippen LogP contribution in [-0.2, 0) is 14.4 Å². The standard InChI is InChI=1S/C11H12N2O4/c12-10(11(15)16)7-3-1-2-4-8(7)13-9(14)5-6-17-13/h1-4,10H,5-6,12H2,(H,15,16). The van der Waals surface area contributed by atoms with E-state index in [0.717, 1.165) is 5.06 Å². The molecular weight excluding hydrogens is 224 g/mol. The summed E-state index contributed by atoms with van der Waals surface area (Å²) in [6.45, 7) is 0.301. The number of nitrogens with two attached hydrogens (primary N) is 1. The van der Waals surface area contributed by atoms with Gasteiger partial charge in [-0.1, -0.05) is 18.2 Å². The molecule has 0 radical (unpaired) electrons. The Balaban J connectivity index is 2.40. The van der Waals surface area contributed by atoms with Gasteiger partial charge in [0.2, 0.25) is 0 Å². The number of carbonyl (C=O) groups excluding carboxylic acids is 1. The highest BCUT2D eigenvalue weighted by molar-refractivity contribution is 5.94. The summed E-state index contributed by atoms with van der Waals surface area (Å²) in [7, 11) is 0. The van der Waals surface area contributed by atoms with Gasteiger partial charge >= 0.3 is 5.97 Å². The molecule has 2 rings (SSSR count). The molecule has 0 spiro atoms. The minimum atomic E-state index is -1.18. The van der Waals surface area contributed by atoms with Crippen LogP contribution in [0.15, 0.2) is 24.3 Å². The van der Waals surface area contributed by atoms with E-state index in [9.17, 15) is 9.59 Å². The Labute approximate surface area is 97.5 Å². The molecule has 0 bridgehead atoms. The van der Waals surface area contributed by atoms with Gasteiger partial charge in [-0.3, -0.25) is 14.4 Å². The normalized spacial score (nSPS) is 17.2. The Morgan fingerprint density at radius 2 is 2.18 bits per heavy atom. The molecule has 1 saturated heterocycles. The SMILES string of the molecule is NC(C(=O)O)c1ccccc1N1OCCC1=O. The summed E-state index contributed by atoms with van der Waals surface area (Å²) in [5.41, 5.74) is 6.31. The second kappa shape index (κ2) is 4.52. The first-order chi connectivity index (χ1) is 8.11. The molecule has 17 heavy (non-hydrogen) atoms. The molecule has 6 heteroatoms. The number of aliphatic carboxylic acids is 1. The molecule has 1 fully saturated rings. The molecular formula is C11H12N2O4. The highest BCUT2D eigenvalue weighted by Gasteiger charge is 2.28. The number of anilines is 1. The van der Waals surface area contributed by atoms with Crippen LogP contribution in [0, 0.1) is 0 Å². The van der Waals surface area contributed by atoms with E-state index >= 15 is 0 Å². The Bertz CT molecular complexity index is 461. The Hall–Kier alpha value is -1.92. The van der Waals surface area contributed by atoms with Crippen molar-refractivity contribution in [3.8, 4) is 0 Å². The van der Waals surface area contributed by atoms with Crippen LogP contribution in [0.25, 0.3) is 0 Å². The topological polar surface area (TPSA) is 92.9 Å². The molecule has 1 aromatic carbocycles. The molecule has 0 saturated carbocycles. The van der Waals surface area contributed by atoms with Crippen LogP contribution in [-0.4, -0.2) is 23.6 Å². The highest BCUT2D eigenvalue weighted by Crippen LogP contribution is 2.28. The Morgan fingerprint density at radius 3 is 2.76 bits per heavy atom. The average molecular weight is 236 g/mol. The van der Waals surface area contributed by atoms with Crippen LogP contribution >= 0.6 is 0 Å². The van der Waals surface area contributed by atoms with Gasteiger partial charge in [-0.25, -0.2) is 0 Å². The smallest absolute Gasteiger partial charge is 0.325 e. The van der Waals surface area contributed by atoms with Gasteiger partial charge in [-0.05, 0) is 6.07 Å². The summed E-state index contributed by atoms with van der Waals surface area (Å²) in [6.07, 6.45) is 0.288. The lowest BCUT2D eigenvalue weighted by atomic mass is 10.1. The van der Waals surface area contributed by atoms with Crippen molar-refractivity contribution in [2.45, 2.75) is 12.5 Å². The van der Waals surface area contributed by atoms with Crippen LogP contribution in [0.3, 0.4) is 0 Å². The molecule has 0 aliphatic carbocycles. The molecule has 90 valence electrons. The zero-order valence-corrected chi connectivity index (χ0v) is 9.00. The van der Waals surface area contributed by atoms with E-state index in [4.69, 9.17) is 15.7 Å². The van der Waals surface area contributed by atoms with E-state index in [1.54, 1.807) is 24.3 Å². The number of carboxylic acid groups (broad SMARTS) is 1. The van der Waals surface area contributed by atoms with Gasteiger partial charge in [0, 0.05) is 5.56 Å². The van der Waals surface area contributed by atoms with Crippen molar-refractivity contribution in [1.29, 1.82) is 0 Å². The van der Waals surface area contributed by atoms with E-state index < -0.39 is 12.0 Å². The largest absolute Gasteiger partial charge is 0.480 e. The van der Waals surface area contributed by atoms with Crippen LogP contribution in [0.5, 0.6) is 0 Å². The predicted molar refractivity (Wildman–Crippen MR) is 59.1 cm³/mol. The zero-order valence-electron chi connectivity index (χ0n) is 9.00. The molecule has 0 aromatic heterocycles. The second-order valence-corrected chi connectivity index (χ2v) is 3.65. The van der Waals surface area contributed by atoms with E-state index in [1.807, 2.05) is 0 Å². The van der Waals surface area contributed by atoms with Crippen molar-refractivity contribution in [3.63, 3.8) is 0 Å². The molecule has 1 heterocycles. The maximum Gasteiger partial charge on any atom is 0.325 e. The minimum absolute atomic E-state index is 0.199. The van der Waals surface area contributed by atoms with E-state index in [1.165, 1.54) is 0 Å². The summed E-state index contributed by atoms with van der Waals surface area (Å²) < 4.78 is 0. The third kappa shape index (κ3) is 2.13. The molecule has 1 aliphatic rings. The van der Waals surface area contributed by atoms with Gasteiger partial charge in [-0.15, -0.1) is 0 Å². The van der Waals surface area contributed by atoms with Crippen molar-refractivity contribution in [2.24, 2.45) is 5.73 Å². The van der Waals surface area contributed by atoms with Gasteiger partial charge < -0.3 is 10.8 Å². The lowest BCUT2D eigenvalue weighted by Crippen LogP contribution is -2.28. The molecule has 3 N–H and O–H groups in total. The number of hydrogen-bond acceptors (Lipinski definition) is 4. The average Bonchev–Trinajstić information content (AvgIpc) is 2.74. The number of amides is 1. The molecule has 1 aromatic rings. The summed E-state index contributed by atoms with van der Waals surface area (Å²) in [5, 5.41) is 10.0. The number of hydroxylamine groups is 1. The highest BCUT2D eigenvalue weighted by atomic mass is 16.7. The fraction of sp³-hybridized carbons (Fsp3) is 0.273. The lowest BCUT2D eigenvalue weighted by molar-refractivity contribution is -0.138. The summed E-state index contributed by atoms with van der Waals surface area (Å²) in [5.74, 6) is -1.35. The number of benzene rings is 1. The third-order valence-corrected chi connectivity index (χ3v) is 2.52. The maximum atomic E-state index is 11.5. The van der Waals surface area contributed by atoms with Crippen molar-refractivity contribution in [2.75, 3.05) is 11.7 Å². The molecule has 1 atom stereocenters. The van der Waals surface area contributed by atoms with Gasteiger partial charge in [0.1, 0.15) is 6.04 Å². The number of nitrogens with zero attached hydrogens (tertiary/aromatic N) is 1. The maximum absolute atomic E-state index is 11.5. The number of carboxylic acids is 1. The van der Waals surface area contributed by atoms with Crippen LogP contribution in [0.2, 0.25) is 0 Å². The lowest BCUT2D eigenvalue weighted by Gasteiger charge is -2.19. The molecule has 1 unspecified atom stereocenters. The first-order valence-electron chi connectivity index (χ1n) is 5.14. The minimum Gasteiger partial charge on any atom is -0.480 e. The van der Waals surface area contributed by atoms with E-state index in [2.05, 4.69) is 0 Å². The molecule has 1 aliphatic heterocycles. The monoisotopic (exact) mass is 236 g/mol. The van der Waals surface area contributed by atoms with Gasteiger partial charge in [-0.2, -0.15) is 5.06 Å². The van der Waals surface area contributed by atoms with Crippen LogP contribution in [0.4, 0.5) is 5.69 Å². The van der Waals surface area contributed by atoms with Crippen molar-refractivity contribution < 1.29 is 19.5 Å². The molecule has 1 amide bonds. The van der Waals surface area contributed by atoms with Crippen molar-refractivity contribution >= 4 is 17.6 Å². The fourth-order valence-corrected chi connectivity index (χ4v) is 1.67. The fourth-order valence-electron chi connectivity index (χ4n) is 1.67. The molecule has 6 nitrogen and oxygen atoms in total. The summed E-state index contributed by atoms with van der Waals surface area (Å²) in [6, 6.07) is 5.37. The van der Waals surface area contributed by atoms with Crippen molar-refractivity contribution in [1.82, 2.24) is 0 Å². The number of para-hydroxylation sites is 1. The third-order valence-electron chi connectivity index (χ3n) is 2.52. The van der Waals surface area contributed by atoms with Crippen LogP contribution < -0.4 is 10.8 Å². The quantitative estimate of drug-likeness (QED) is 0.794. The van der Waals surface area contributed by atoms with E-state index in [-0.39, 0.29) is 12.3 Å².